The highest BCUT2D eigenvalue weighted by molar-refractivity contribution is 5.96. The maximum Gasteiger partial charge on any atom is 0.251 e. The quantitative estimate of drug-likeness (QED) is 0.638. The highest BCUT2D eigenvalue weighted by Gasteiger charge is 2.13. The second-order valence-electron chi connectivity index (χ2n) is 6.98. The first-order chi connectivity index (χ1) is 13.5. The Morgan fingerprint density at radius 1 is 1.25 bits per heavy atom. The summed E-state index contributed by atoms with van der Waals surface area (Å²) in [4.78, 5) is 16.6. The van der Waals surface area contributed by atoms with Gasteiger partial charge >= 0.3 is 0 Å². The molecule has 28 heavy (non-hydrogen) atoms. The molecule has 6 heteroatoms. The Hall–Kier alpha value is -3.15. The number of benzene rings is 2. The summed E-state index contributed by atoms with van der Waals surface area (Å²) in [7, 11) is 0. The number of halogens is 1. The molecule has 0 fully saturated rings. The second kappa shape index (κ2) is 9.17. The Morgan fingerprint density at radius 2 is 2.07 bits per heavy atom. The monoisotopic (exact) mass is 381 g/mol. The van der Waals surface area contributed by atoms with Gasteiger partial charge in [-0.1, -0.05) is 32.0 Å². The fourth-order valence-electron chi connectivity index (χ4n) is 2.75. The molecule has 2 aromatic carbocycles. The predicted octanol–water partition coefficient (Wildman–Crippen LogP) is 4.15. The van der Waals surface area contributed by atoms with Gasteiger partial charge in [0.1, 0.15) is 18.2 Å². The van der Waals surface area contributed by atoms with Crippen molar-refractivity contribution in [1.82, 2.24) is 14.9 Å². The molecule has 1 heterocycles. The first-order valence-electron chi connectivity index (χ1n) is 9.29. The van der Waals surface area contributed by atoms with E-state index < -0.39 is 0 Å². The van der Waals surface area contributed by atoms with Crippen LogP contribution in [0.3, 0.4) is 0 Å². The van der Waals surface area contributed by atoms with Crippen LogP contribution >= 0.6 is 0 Å². The lowest BCUT2D eigenvalue weighted by Crippen LogP contribution is -2.27. The smallest absolute Gasteiger partial charge is 0.251 e. The molecule has 1 aromatic heterocycles. The van der Waals surface area contributed by atoms with Gasteiger partial charge in [-0.05, 0) is 35.7 Å². The van der Waals surface area contributed by atoms with Crippen LogP contribution in [-0.2, 0) is 6.54 Å². The zero-order chi connectivity index (χ0) is 19.9. The number of rotatable bonds is 8. The molecule has 3 aromatic rings. The van der Waals surface area contributed by atoms with Crippen LogP contribution in [0, 0.1) is 11.7 Å². The average Bonchev–Trinajstić information content (AvgIpc) is 3.19. The number of hydrogen-bond donors (Lipinski definition) is 1. The minimum absolute atomic E-state index is 0.202. The van der Waals surface area contributed by atoms with E-state index in [9.17, 15) is 9.18 Å². The van der Waals surface area contributed by atoms with Crippen molar-refractivity contribution in [3.05, 3.63) is 72.6 Å². The summed E-state index contributed by atoms with van der Waals surface area (Å²) in [6.07, 6.45) is 5.27. The topological polar surface area (TPSA) is 56.1 Å². The number of nitrogens with zero attached hydrogens (tertiary/aromatic N) is 2. The van der Waals surface area contributed by atoms with Gasteiger partial charge in [0, 0.05) is 30.1 Å². The SMILES string of the molecule is CC(C)CNC(=O)c1cc(OCCn2ccnc2)cc(-c2ccccc2F)c1. The fraction of sp³-hybridized carbons (Fsp3) is 0.273. The van der Waals surface area contributed by atoms with Crippen LogP contribution in [-0.4, -0.2) is 28.6 Å². The molecule has 146 valence electrons. The molecule has 1 amide bonds. The molecule has 0 aliphatic rings. The molecule has 0 radical (unpaired) electrons. The summed E-state index contributed by atoms with van der Waals surface area (Å²) in [5, 5.41) is 2.90. The molecular formula is C22H24FN3O2. The highest BCUT2D eigenvalue weighted by Crippen LogP contribution is 2.28. The summed E-state index contributed by atoms with van der Waals surface area (Å²) in [6.45, 7) is 5.66. The lowest BCUT2D eigenvalue weighted by molar-refractivity contribution is 0.0948. The van der Waals surface area contributed by atoms with E-state index in [1.54, 1.807) is 48.9 Å². The van der Waals surface area contributed by atoms with E-state index in [0.717, 1.165) is 0 Å². The van der Waals surface area contributed by atoms with Crippen molar-refractivity contribution < 1.29 is 13.9 Å². The summed E-state index contributed by atoms with van der Waals surface area (Å²) < 4.78 is 22.0. The van der Waals surface area contributed by atoms with Gasteiger partial charge in [-0.3, -0.25) is 4.79 Å². The van der Waals surface area contributed by atoms with Crippen LogP contribution in [0.2, 0.25) is 0 Å². The molecule has 0 saturated carbocycles. The number of hydrogen-bond acceptors (Lipinski definition) is 3. The van der Waals surface area contributed by atoms with Crippen molar-refractivity contribution in [2.24, 2.45) is 5.92 Å². The van der Waals surface area contributed by atoms with Crippen molar-refractivity contribution in [3.8, 4) is 16.9 Å². The van der Waals surface area contributed by atoms with Crippen molar-refractivity contribution in [2.45, 2.75) is 20.4 Å². The summed E-state index contributed by atoms with van der Waals surface area (Å²) in [5.74, 6) is 0.318. The number of imidazole rings is 1. The Bertz CT molecular complexity index is 923. The van der Waals surface area contributed by atoms with Crippen LogP contribution in [0.25, 0.3) is 11.1 Å². The minimum Gasteiger partial charge on any atom is -0.492 e. The van der Waals surface area contributed by atoms with Crippen LogP contribution < -0.4 is 10.1 Å². The third kappa shape index (κ3) is 5.19. The third-order valence-electron chi connectivity index (χ3n) is 4.20. The van der Waals surface area contributed by atoms with E-state index in [4.69, 9.17) is 4.74 Å². The van der Waals surface area contributed by atoms with Crippen molar-refractivity contribution in [1.29, 1.82) is 0 Å². The molecule has 0 bridgehead atoms. The van der Waals surface area contributed by atoms with E-state index in [0.29, 0.717) is 48.1 Å². The van der Waals surface area contributed by atoms with Crippen LogP contribution in [0.15, 0.2) is 61.2 Å². The Kier molecular flexibility index (Phi) is 6.42. The van der Waals surface area contributed by atoms with Gasteiger partial charge in [0.05, 0.1) is 12.9 Å². The molecule has 0 aliphatic carbocycles. The number of ether oxygens (including phenoxy) is 1. The zero-order valence-corrected chi connectivity index (χ0v) is 16.1. The molecular weight excluding hydrogens is 357 g/mol. The standard InChI is InChI=1S/C22H24FN3O2/c1-16(2)14-25-22(27)18-11-17(20-5-3-4-6-21(20)23)12-19(13-18)28-10-9-26-8-7-24-15-26/h3-8,11-13,15-16H,9-10,14H2,1-2H3,(H,25,27). The van der Waals surface area contributed by atoms with Gasteiger partial charge < -0.3 is 14.6 Å². The Morgan fingerprint density at radius 3 is 2.79 bits per heavy atom. The van der Waals surface area contributed by atoms with E-state index in [-0.39, 0.29) is 11.7 Å². The first kappa shape index (κ1) is 19.6. The average molecular weight is 381 g/mol. The van der Waals surface area contributed by atoms with Gasteiger partial charge in [0.25, 0.3) is 5.91 Å². The summed E-state index contributed by atoms with van der Waals surface area (Å²) in [5.41, 5.74) is 1.48. The molecule has 0 spiro atoms. The highest BCUT2D eigenvalue weighted by atomic mass is 19.1. The maximum atomic E-state index is 14.3. The molecule has 5 nitrogen and oxygen atoms in total. The minimum atomic E-state index is -0.341. The third-order valence-corrected chi connectivity index (χ3v) is 4.20. The lowest BCUT2D eigenvalue weighted by atomic mass is 10.0. The molecule has 0 unspecified atom stereocenters. The molecule has 3 rings (SSSR count). The predicted molar refractivity (Wildman–Crippen MR) is 107 cm³/mol. The number of amides is 1. The van der Waals surface area contributed by atoms with Gasteiger partial charge in [0.15, 0.2) is 0 Å². The van der Waals surface area contributed by atoms with Crippen LogP contribution in [0.4, 0.5) is 4.39 Å². The van der Waals surface area contributed by atoms with Gasteiger partial charge in [0.2, 0.25) is 0 Å². The van der Waals surface area contributed by atoms with Crippen molar-refractivity contribution in [3.63, 3.8) is 0 Å². The molecule has 0 aliphatic heterocycles. The number of carbonyl (C=O) groups is 1. The maximum absolute atomic E-state index is 14.3. The first-order valence-corrected chi connectivity index (χ1v) is 9.29. The number of carbonyl (C=O) groups excluding carboxylic acids is 1. The Labute approximate surface area is 164 Å². The van der Waals surface area contributed by atoms with Gasteiger partial charge in [-0.15, -0.1) is 0 Å². The largest absolute Gasteiger partial charge is 0.492 e. The Balaban J connectivity index is 1.85. The summed E-state index contributed by atoms with van der Waals surface area (Å²) in [6, 6.07) is 11.6. The molecule has 0 saturated heterocycles. The van der Waals surface area contributed by atoms with E-state index in [2.05, 4.69) is 10.3 Å². The van der Waals surface area contributed by atoms with Gasteiger partial charge in [-0.25, -0.2) is 9.37 Å². The van der Waals surface area contributed by atoms with Crippen molar-refractivity contribution >= 4 is 5.91 Å². The van der Waals surface area contributed by atoms with E-state index >= 15 is 0 Å². The lowest BCUT2D eigenvalue weighted by Gasteiger charge is -2.13. The summed E-state index contributed by atoms with van der Waals surface area (Å²) >= 11 is 0. The fourth-order valence-corrected chi connectivity index (χ4v) is 2.75. The zero-order valence-electron chi connectivity index (χ0n) is 16.1. The van der Waals surface area contributed by atoms with Crippen LogP contribution in [0.5, 0.6) is 5.75 Å². The normalized spacial score (nSPS) is 10.9. The van der Waals surface area contributed by atoms with Crippen LogP contribution in [0.1, 0.15) is 24.2 Å². The van der Waals surface area contributed by atoms with Crippen molar-refractivity contribution in [2.75, 3.05) is 13.2 Å². The number of aromatic nitrogens is 2. The molecule has 0 atom stereocenters. The number of nitrogens with one attached hydrogen (secondary N) is 1. The van der Waals surface area contributed by atoms with E-state index in [1.807, 2.05) is 24.6 Å². The van der Waals surface area contributed by atoms with Gasteiger partial charge in [-0.2, -0.15) is 0 Å². The van der Waals surface area contributed by atoms with E-state index in [1.165, 1.54) is 6.07 Å². The molecule has 1 N–H and O–H groups in total. The second-order valence-corrected chi connectivity index (χ2v) is 6.98.